The van der Waals surface area contributed by atoms with Gasteiger partial charge < -0.3 is 20.7 Å². The Morgan fingerprint density at radius 3 is 2.25 bits per heavy atom. The maximum absolute atomic E-state index is 13.8. The van der Waals surface area contributed by atoms with Crippen molar-refractivity contribution in [3.8, 4) is 0 Å². The van der Waals surface area contributed by atoms with Crippen LogP contribution in [0.3, 0.4) is 0 Å². The molecule has 0 bridgehead atoms. The number of hydrogen-bond acceptors (Lipinski definition) is 5. The van der Waals surface area contributed by atoms with E-state index in [9.17, 15) is 18.4 Å². The van der Waals surface area contributed by atoms with Crippen molar-refractivity contribution in [1.29, 1.82) is 0 Å². The second kappa shape index (κ2) is 15.2. The number of carbonyl (C=O) groups excluding carboxylic acids is 2. The lowest BCUT2D eigenvalue weighted by Crippen LogP contribution is -2.49. The second-order valence-electron chi connectivity index (χ2n) is 11.2. The van der Waals surface area contributed by atoms with Gasteiger partial charge in [0, 0.05) is 43.3 Å². The van der Waals surface area contributed by atoms with Crippen LogP contribution in [0.1, 0.15) is 91.1 Å². The molecular formula is C32H45F2N3O3. The van der Waals surface area contributed by atoms with E-state index in [4.69, 9.17) is 10.5 Å². The third-order valence-corrected chi connectivity index (χ3v) is 7.66. The number of nitrogens with one attached hydrogen (secondary N) is 1. The Bertz CT molecular complexity index is 1120. The molecule has 1 fully saturated rings. The van der Waals surface area contributed by atoms with E-state index in [-0.39, 0.29) is 23.9 Å². The predicted octanol–water partition coefficient (Wildman–Crippen LogP) is 5.80. The van der Waals surface area contributed by atoms with Crippen molar-refractivity contribution in [3.63, 3.8) is 0 Å². The van der Waals surface area contributed by atoms with E-state index in [0.717, 1.165) is 43.7 Å². The van der Waals surface area contributed by atoms with Crippen molar-refractivity contribution in [2.75, 3.05) is 19.6 Å². The van der Waals surface area contributed by atoms with Crippen LogP contribution in [0.5, 0.6) is 0 Å². The van der Waals surface area contributed by atoms with Gasteiger partial charge >= 0.3 is 5.97 Å². The molecular weight excluding hydrogens is 512 g/mol. The molecule has 1 aliphatic carbocycles. The first-order chi connectivity index (χ1) is 19.1. The van der Waals surface area contributed by atoms with Gasteiger partial charge in [-0.2, -0.15) is 0 Å². The van der Waals surface area contributed by atoms with E-state index < -0.39 is 29.7 Å². The van der Waals surface area contributed by atoms with Crippen molar-refractivity contribution < 1.29 is 23.1 Å². The summed E-state index contributed by atoms with van der Waals surface area (Å²) in [6.45, 7) is 9.70. The van der Waals surface area contributed by atoms with Crippen molar-refractivity contribution in [3.05, 3.63) is 70.3 Å². The quantitative estimate of drug-likeness (QED) is 0.304. The summed E-state index contributed by atoms with van der Waals surface area (Å²) >= 11 is 0. The lowest BCUT2D eigenvalue weighted by atomic mass is 9.86. The van der Waals surface area contributed by atoms with Crippen LogP contribution in [0.2, 0.25) is 0 Å². The summed E-state index contributed by atoms with van der Waals surface area (Å²) < 4.78 is 33.6. The van der Waals surface area contributed by atoms with Crippen LogP contribution in [-0.4, -0.2) is 54.6 Å². The fraction of sp³-hybridized carbons (Fsp3) is 0.562. The Kier molecular flexibility index (Phi) is 12.1. The second-order valence-corrected chi connectivity index (χ2v) is 11.2. The number of carbonyl (C=O) groups is 2. The fourth-order valence-electron chi connectivity index (χ4n) is 5.57. The maximum atomic E-state index is 13.8. The Labute approximate surface area is 237 Å². The standard InChI is InChI=1S/C32H45F2N3O3/c1-5-11-37(12-6-2)31(38)24-13-21(3)14-25(18-24)32(39)40-30(20-36-29-10-8-7-9-22(29)4)28(35)17-23-15-26(33)19-27(34)16-23/h13-16,18-19,22,28-30,36H,5-12,17,20,35H2,1-4H3. The molecule has 0 saturated heterocycles. The van der Waals surface area contributed by atoms with Gasteiger partial charge in [0.15, 0.2) is 0 Å². The van der Waals surface area contributed by atoms with Gasteiger partial charge in [-0.1, -0.05) is 33.6 Å². The molecule has 1 aliphatic rings. The third kappa shape index (κ3) is 9.10. The molecule has 0 aromatic heterocycles. The van der Waals surface area contributed by atoms with Crippen molar-refractivity contribution in [1.82, 2.24) is 10.2 Å². The number of ether oxygens (including phenoxy) is 1. The van der Waals surface area contributed by atoms with E-state index in [1.165, 1.54) is 18.6 Å². The number of benzene rings is 2. The first kappa shape index (κ1) is 31.7. The molecule has 0 heterocycles. The summed E-state index contributed by atoms with van der Waals surface area (Å²) in [5.74, 6) is -1.57. The van der Waals surface area contributed by atoms with Gasteiger partial charge in [0.25, 0.3) is 5.91 Å². The average Bonchev–Trinajstić information content (AvgIpc) is 2.90. The molecule has 0 radical (unpaired) electrons. The summed E-state index contributed by atoms with van der Waals surface area (Å²) in [7, 11) is 0. The topological polar surface area (TPSA) is 84.7 Å². The minimum absolute atomic E-state index is 0.115. The molecule has 8 heteroatoms. The molecule has 0 aliphatic heterocycles. The largest absolute Gasteiger partial charge is 0.456 e. The number of nitrogens with two attached hydrogens (primary N) is 1. The van der Waals surface area contributed by atoms with E-state index in [1.54, 1.807) is 23.1 Å². The smallest absolute Gasteiger partial charge is 0.338 e. The monoisotopic (exact) mass is 557 g/mol. The Balaban J connectivity index is 1.81. The van der Waals surface area contributed by atoms with Crippen LogP contribution in [0.15, 0.2) is 36.4 Å². The Morgan fingerprint density at radius 1 is 1.00 bits per heavy atom. The normalized spacial score (nSPS) is 18.7. The van der Waals surface area contributed by atoms with Gasteiger partial charge in [-0.25, -0.2) is 13.6 Å². The first-order valence-electron chi connectivity index (χ1n) is 14.7. The summed E-state index contributed by atoms with van der Waals surface area (Å²) in [6, 6.07) is 7.95. The summed E-state index contributed by atoms with van der Waals surface area (Å²) in [5.41, 5.74) is 8.41. The number of rotatable bonds is 13. The van der Waals surface area contributed by atoms with E-state index >= 15 is 0 Å². The molecule has 3 N–H and O–H groups in total. The van der Waals surface area contributed by atoms with E-state index in [0.29, 0.717) is 36.7 Å². The van der Waals surface area contributed by atoms with E-state index in [1.807, 2.05) is 20.8 Å². The van der Waals surface area contributed by atoms with Crippen molar-refractivity contribution in [2.24, 2.45) is 11.7 Å². The van der Waals surface area contributed by atoms with Crippen molar-refractivity contribution >= 4 is 11.9 Å². The highest BCUT2D eigenvalue weighted by atomic mass is 19.1. The number of hydrogen-bond donors (Lipinski definition) is 2. The molecule has 4 atom stereocenters. The molecule has 3 rings (SSSR count). The van der Waals surface area contributed by atoms with Crippen LogP contribution in [-0.2, 0) is 11.2 Å². The summed E-state index contributed by atoms with van der Waals surface area (Å²) in [6.07, 6.45) is 5.56. The number of amides is 1. The molecule has 1 amide bonds. The fourth-order valence-corrected chi connectivity index (χ4v) is 5.57. The number of halogens is 2. The average molecular weight is 558 g/mol. The SMILES string of the molecule is CCCN(CCC)C(=O)c1cc(C)cc(C(=O)OC(CNC2CCCCC2C)C(N)Cc2cc(F)cc(F)c2)c1. The zero-order valence-corrected chi connectivity index (χ0v) is 24.3. The Hall–Kier alpha value is -2.84. The van der Waals surface area contributed by atoms with Gasteiger partial charge in [-0.3, -0.25) is 4.79 Å². The van der Waals surface area contributed by atoms with Gasteiger partial charge in [-0.05, 0) is 86.4 Å². The molecule has 6 nitrogen and oxygen atoms in total. The molecule has 1 saturated carbocycles. The molecule has 2 aromatic carbocycles. The van der Waals surface area contributed by atoms with Crippen LogP contribution in [0.25, 0.3) is 0 Å². The van der Waals surface area contributed by atoms with Gasteiger partial charge in [0.1, 0.15) is 17.7 Å². The van der Waals surface area contributed by atoms with Crippen LogP contribution >= 0.6 is 0 Å². The number of aryl methyl sites for hydroxylation is 1. The summed E-state index contributed by atoms with van der Waals surface area (Å²) in [5, 5.41) is 3.54. The minimum Gasteiger partial charge on any atom is -0.456 e. The van der Waals surface area contributed by atoms with E-state index in [2.05, 4.69) is 12.2 Å². The molecule has 220 valence electrons. The third-order valence-electron chi connectivity index (χ3n) is 7.66. The lowest BCUT2D eigenvalue weighted by Gasteiger charge is -2.32. The first-order valence-corrected chi connectivity index (χ1v) is 14.7. The minimum atomic E-state index is -0.746. The Morgan fingerprint density at radius 2 is 1.62 bits per heavy atom. The molecule has 0 spiro atoms. The maximum Gasteiger partial charge on any atom is 0.338 e. The van der Waals surface area contributed by atoms with Crippen LogP contribution < -0.4 is 11.1 Å². The highest BCUT2D eigenvalue weighted by Crippen LogP contribution is 2.24. The van der Waals surface area contributed by atoms with Gasteiger partial charge in [0.05, 0.1) is 5.56 Å². The van der Waals surface area contributed by atoms with Crippen LogP contribution in [0, 0.1) is 24.5 Å². The molecule has 2 aromatic rings. The highest BCUT2D eigenvalue weighted by molar-refractivity contribution is 5.98. The van der Waals surface area contributed by atoms with Gasteiger partial charge in [-0.15, -0.1) is 0 Å². The van der Waals surface area contributed by atoms with Gasteiger partial charge in [0.2, 0.25) is 0 Å². The predicted molar refractivity (Wildman–Crippen MR) is 154 cm³/mol. The zero-order chi connectivity index (χ0) is 29.2. The zero-order valence-electron chi connectivity index (χ0n) is 24.3. The molecule has 4 unspecified atom stereocenters. The number of esters is 1. The van der Waals surface area contributed by atoms with Crippen LogP contribution in [0.4, 0.5) is 8.78 Å². The highest BCUT2D eigenvalue weighted by Gasteiger charge is 2.28. The summed E-state index contributed by atoms with van der Waals surface area (Å²) in [4.78, 5) is 28.5. The lowest BCUT2D eigenvalue weighted by molar-refractivity contribution is 0.0223. The number of nitrogens with zero attached hydrogens (tertiary/aromatic N) is 1. The van der Waals surface area contributed by atoms with Crippen molar-refractivity contribution in [2.45, 2.75) is 90.8 Å². The molecule has 40 heavy (non-hydrogen) atoms.